The molecule has 146 valence electrons. The molecule has 0 saturated heterocycles. The predicted octanol–water partition coefficient (Wildman–Crippen LogP) is 4.57. The van der Waals surface area contributed by atoms with E-state index in [-0.39, 0.29) is 11.9 Å². The number of benzene rings is 2. The van der Waals surface area contributed by atoms with Gasteiger partial charge in [-0.15, -0.1) is 0 Å². The third kappa shape index (κ3) is 3.23. The predicted molar refractivity (Wildman–Crippen MR) is 112 cm³/mol. The van der Waals surface area contributed by atoms with E-state index in [9.17, 15) is 4.79 Å². The number of para-hydroxylation sites is 1. The third-order valence-electron chi connectivity index (χ3n) is 5.75. The molecule has 0 unspecified atom stereocenters. The highest BCUT2D eigenvalue weighted by atomic mass is 16.3. The Labute approximate surface area is 169 Å². The van der Waals surface area contributed by atoms with Crippen molar-refractivity contribution in [1.82, 2.24) is 14.9 Å². The van der Waals surface area contributed by atoms with Crippen molar-refractivity contribution < 1.29 is 9.21 Å². The lowest BCUT2D eigenvalue weighted by molar-refractivity contribution is -0.133. The Kier molecular flexibility index (Phi) is 4.43. The number of H-pyrrole nitrogens is 1. The van der Waals surface area contributed by atoms with E-state index in [4.69, 9.17) is 4.42 Å². The molecule has 1 atom stereocenters. The summed E-state index contributed by atoms with van der Waals surface area (Å²) in [5.41, 5.74) is 5.12. The van der Waals surface area contributed by atoms with E-state index in [1.54, 1.807) is 6.33 Å². The summed E-state index contributed by atoms with van der Waals surface area (Å²) in [6, 6.07) is 18.0. The summed E-state index contributed by atoms with van der Waals surface area (Å²) >= 11 is 0. The zero-order valence-corrected chi connectivity index (χ0v) is 16.4. The van der Waals surface area contributed by atoms with Gasteiger partial charge >= 0.3 is 0 Å². The van der Waals surface area contributed by atoms with E-state index in [1.807, 2.05) is 54.3 Å². The highest BCUT2D eigenvalue weighted by Crippen LogP contribution is 2.37. The first kappa shape index (κ1) is 17.7. The summed E-state index contributed by atoms with van der Waals surface area (Å²) in [5.74, 6) is 0.903. The Morgan fingerprint density at radius 3 is 2.90 bits per heavy atom. The fourth-order valence-corrected chi connectivity index (χ4v) is 4.24. The Morgan fingerprint density at radius 1 is 1.21 bits per heavy atom. The van der Waals surface area contributed by atoms with E-state index in [1.165, 1.54) is 5.56 Å². The number of hydrogen-bond donors (Lipinski definition) is 1. The second-order valence-corrected chi connectivity index (χ2v) is 7.63. The minimum atomic E-state index is -0.292. The van der Waals surface area contributed by atoms with Gasteiger partial charge in [-0.3, -0.25) is 4.79 Å². The van der Waals surface area contributed by atoms with Gasteiger partial charge in [0.1, 0.15) is 17.4 Å². The second-order valence-electron chi connectivity index (χ2n) is 7.63. The van der Waals surface area contributed by atoms with Crippen LogP contribution in [-0.2, 0) is 17.6 Å². The fourth-order valence-electron chi connectivity index (χ4n) is 4.24. The van der Waals surface area contributed by atoms with Crippen LogP contribution in [0.15, 0.2) is 65.3 Å². The monoisotopic (exact) mass is 385 g/mol. The number of carbonyl (C=O) groups excluding carboxylic acids is 1. The number of amides is 1. The van der Waals surface area contributed by atoms with E-state index in [0.717, 1.165) is 46.5 Å². The first-order valence-corrected chi connectivity index (χ1v) is 10.1. The largest absolute Gasteiger partial charge is 0.458 e. The van der Waals surface area contributed by atoms with Gasteiger partial charge in [-0.05, 0) is 30.5 Å². The molecule has 3 heterocycles. The molecule has 1 N–H and O–H groups in total. The van der Waals surface area contributed by atoms with Crippen molar-refractivity contribution in [3.63, 3.8) is 0 Å². The average Bonchev–Trinajstić information content (AvgIpc) is 3.39. The number of aromatic nitrogens is 2. The van der Waals surface area contributed by atoms with Crippen molar-refractivity contribution in [3.8, 4) is 0 Å². The second kappa shape index (κ2) is 7.24. The Hall–Kier alpha value is -3.34. The highest BCUT2D eigenvalue weighted by Gasteiger charge is 2.36. The number of aromatic amines is 1. The molecule has 0 fully saturated rings. The lowest BCUT2D eigenvalue weighted by Gasteiger charge is -2.33. The Balaban J connectivity index is 1.48. The van der Waals surface area contributed by atoms with Gasteiger partial charge in [-0.2, -0.15) is 0 Å². The van der Waals surface area contributed by atoms with E-state index >= 15 is 0 Å². The maximum absolute atomic E-state index is 13.2. The van der Waals surface area contributed by atoms with Gasteiger partial charge in [0, 0.05) is 30.5 Å². The summed E-state index contributed by atoms with van der Waals surface area (Å²) < 4.78 is 6.26. The molecule has 5 heteroatoms. The molecule has 0 saturated carbocycles. The molecular formula is C24H23N3O2. The SMILES string of the molecule is Cc1cccc2cc([C@@H]3c4nc[nH]c4CCN3C(=O)CCc3ccccc3)oc12. The Bertz CT molecular complexity index is 1160. The van der Waals surface area contributed by atoms with Crippen molar-refractivity contribution in [2.45, 2.75) is 32.2 Å². The van der Waals surface area contributed by atoms with Gasteiger partial charge in [-0.25, -0.2) is 4.98 Å². The lowest BCUT2D eigenvalue weighted by Crippen LogP contribution is -2.40. The fraction of sp³-hybridized carbons (Fsp3) is 0.250. The molecule has 29 heavy (non-hydrogen) atoms. The highest BCUT2D eigenvalue weighted by molar-refractivity contribution is 5.82. The number of carbonyl (C=O) groups is 1. The molecule has 1 aliphatic heterocycles. The molecule has 1 aliphatic rings. The zero-order chi connectivity index (χ0) is 19.8. The standard InChI is InChI=1S/C24H23N3O2/c1-16-6-5-9-18-14-20(29-24(16)18)23-22-19(25-15-26-22)12-13-27(23)21(28)11-10-17-7-3-2-4-8-17/h2-9,14-15,23H,10-13H2,1H3,(H,25,26)/t23-/m1/s1. The average molecular weight is 385 g/mol. The van der Waals surface area contributed by atoms with Crippen LogP contribution in [0.5, 0.6) is 0 Å². The number of fused-ring (bicyclic) bond motifs is 2. The minimum Gasteiger partial charge on any atom is -0.458 e. The number of nitrogens with one attached hydrogen (secondary N) is 1. The van der Waals surface area contributed by atoms with Gasteiger partial charge in [0.2, 0.25) is 5.91 Å². The lowest BCUT2D eigenvalue weighted by atomic mass is 9.99. The van der Waals surface area contributed by atoms with Crippen LogP contribution in [-0.4, -0.2) is 27.3 Å². The molecule has 2 aromatic carbocycles. The van der Waals surface area contributed by atoms with Crippen LogP contribution in [0.1, 0.15) is 40.7 Å². The minimum absolute atomic E-state index is 0.129. The summed E-state index contributed by atoms with van der Waals surface area (Å²) in [5, 5.41) is 1.05. The van der Waals surface area contributed by atoms with Gasteiger partial charge in [0.15, 0.2) is 0 Å². The van der Waals surface area contributed by atoms with Crippen LogP contribution in [0, 0.1) is 6.92 Å². The number of furan rings is 1. The molecule has 1 amide bonds. The summed E-state index contributed by atoms with van der Waals surface area (Å²) in [6.07, 6.45) is 3.70. The van der Waals surface area contributed by atoms with E-state index in [0.29, 0.717) is 13.0 Å². The third-order valence-corrected chi connectivity index (χ3v) is 5.75. The van der Waals surface area contributed by atoms with Crippen LogP contribution in [0.2, 0.25) is 0 Å². The normalized spacial score (nSPS) is 16.2. The molecule has 0 bridgehead atoms. The van der Waals surface area contributed by atoms with Crippen LogP contribution in [0.3, 0.4) is 0 Å². The van der Waals surface area contributed by atoms with Crippen molar-refractivity contribution in [2.24, 2.45) is 0 Å². The summed E-state index contributed by atoms with van der Waals surface area (Å²) in [6.45, 7) is 2.70. The maximum Gasteiger partial charge on any atom is 0.223 e. The van der Waals surface area contributed by atoms with Gasteiger partial charge < -0.3 is 14.3 Å². The number of nitrogens with zero attached hydrogens (tertiary/aromatic N) is 2. The summed E-state index contributed by atoms with van der Waals surface area (Å²) in [4.78, 5) is 22.9. The topological polar surface area (TPSA) is 62.1 Å². The number of aryl methyl sites for hydroxylation is 2. The van der Waals surface area contributed by atoms with Crippen molar-refractivity contribution in [2.75, 3.05) is 6.54 Å². The number of rotatable bonds is 4. The van der Waals surface area contributed by atoms with E-state index in [2.05, 4.69) is 22.1 Å². The van der Waals surface area contributed by atoms with Crippen molar-refractivity contribution in [1.29, 1.82) is 0 Å². The van der Waals surface area contributed by atoms with Crippen LogP contribution in [0.25, 0.3) is 11.0 Å². The quantitative estimate of drug-likeness (QED) is 0.560. The molecule has 4 aromatic rings. The van der Waals surface area contributed by atoms with E-state index < -0.39 is 0 Å². The number of hydrogen-bond acceptors (Lipinski definition) is 3. The first-order valence-electron chi connectivity index (χ1n) is 10.1. The molecule has 5 rings (SSSR count). The summed E-state index contributed by atoms with van der Waals surface area (Å²) in [7, 11) is 0. The number of imidazole rings is 1. The Morgan fingerprint density at radius 2 is 2.07 bits per heavy atom. The van der Waals surface area contributed by atoms with Crippen LogP contribution >= 0.6 is 0 Å². The van der Waals surface area contributed by atoms with Gasteiger partial charge in [-0.1, -0.05) is 48.5 Å². The van der Waals surface area contributed by atoms with Crippen LogP contribution in [0.4, 0.5) is 0 Å². The maximum atomic E-state index is 13.2. The van der Waals surface area contributed by atoms with Gasteiger partial charge in [0.25, 0.3) is 0 Å². The smallest absolute Gasteiger partial charge is 0.223 e. The first-order chi connectivity index (χ1) is 14.2. The molecule has 0 aliphatic carbocycles. The molecule has 2 aromatic heterocycles. The van der Waals surface area contributed by atoms with Crippen molar-refractivity contribution >= 4 is 16.9 Å². The van der Waals surface area contributed by atoms with Gasteiger partial charge in [0.05, 0.1) is 12.0 Å². The van der Waals surface area contributed by atoms with Crippen molar-refractivity contribution in [3.05, 3.63) is 89.2 Å². The molecule has 0 spiro atoms. The molecule has 5 nitrogen and oxygen atoms in total. The molecular weight excluding hydrogens is 362 g/mol. The van der Waals surface area contributed by atoms with Crippen LogP contribution < -0.4 is 0 Å². The molecule has 0 radical (unpaired) electrons. The zero-order valence-electron chi connectivity index (χ0n) is 16.4.